The van der Waals surface area contributed by atoms with E-state index in [0.29, 0.717) is 28.5 Å². The first-order chi connectivity index (χ1) is 9.91. The molecule has 6 heteroatoms. The van der Waals surface area contributed by atoms with Gasteiger partial charge in [0, 0.05) is 35.8 Å². The molecular formula is C15H18BrF3N2. The lowest BCUT2D eigenvalue weighted by molar-refractivity contribution is -0.137. The van der Waals surface area contributed by atoms with E-state index in [1.54, 1.807) is 12.1 Å². The molecule has 3 rings (SSSR count). The van der Waals surface area contributed by atoms with Crippen LogP contribution >= 0.6 is 15.9 Å². The standard InChI is InChI=1S/C15H18BrF3N2/c1-2-13-11-7-20-6-9(11)8-21(13)14-4-3-10(16)5-12(14)15(17,18)19/h3-5,9,11,13,20H,2,6-8H2,1H3. The van der Waals surface area contributed by atoms with Gasteiger partial charge in [-0.3, -0.25) is 0 Å². The monoisotopic (exact) mass is 362 g/mol. The lowest BCUT2D eigenvalue weighted by Gasteiger charge is -2.31. The minimum Gasteiger partial charge on any atom is -0.367 e. The van der Waals surface area contributed by atoms with Gasteiger partial charge in [-0.25, -0.2) is 0 Å². The molecule has 116 valence electrons. The summed E-state index contributed by atoms with van der Waals surface area (Å²) in [7, 11) is 0. The number of fused-ring (bicyclic) bond motifs is 1. The topological polar surface area (TPSA) is 15.3 Å². The molecule has 1 aromatic rings. The maximum atomic E-state index is 13.3. The first-order valence-corrected chi connectivity index (χ1v) is 8.05. The van der Waals surface area contributed by atoms with E-state index in [9.17, 15) is 13.2 Å². The number of alkyl halides is 3. The number of anilines is 1. The molecular weight excluding hydrogens is 345 g/mol. The Bertz CT molecular complexity index is 532. The fraction of sp³-hybridized carbons (Fsp3) is 0.600. The maximum Gasteiger partial charge on any atom is 0.418 e. The van der Waals surface area contributed by atoms with Crippen molar-refractivity contribution in [3.05, 3.63) is 28.2 Å². The summed E-state index contributed by atoms with van der Waals surface area (Å²) in [6.07, 6.45) is -3.45. The molecule has 2 saturated heterocycles. The average Bonchev–Trinajstić information content (AvgIpc) is 2.97. The minimum absolute atomic E-state index is 0.187. The van der Waals surface area contributed by atoms with Crippen molar-refractivity contribution < 1.29 is 13.2 Å². The molecule has 3 atom stereocenters. The smallest absolute Gasteiger partial charge is 0.367 e. The van der Waals surface area contributed by atoms with Crippen LogP contribution in [0, 0.1) is 11.8 Å². The predicted molar refractivity (Wildman–Crippen MR) is 80.4 cm³/mol. The van der Waals surface area contributed by atoms with Crippen LogP contribution in [-0.4, -0.2) is 25.7 Å². The van der Waals surface area contributed by atoms with Crippen LogP contribution in [0.15, 0.2) is 22.7 Å². The van der Waals surface area contributed by atoms with Crippen molar-refractivity contribution in [3.63, 3.8) is 0 Å². The van der Waals surface area contributed by atoms with E-state index in [1.165, 1.54) is 6.07 Å². The Balaban J connectivity index is 2.00. The number of nitrogens with zero attached hydrogens (tertiary/aromatic N) is 1. The number of nitrogens with one attached hydrogen (secondary N) is 1. The van der Waals surface area contributed by atoms with Gasteiger partial charge in [0.1, 0.15) is 0 Å². The van der Waals surface area contributed by atoms with Crippen LogP contribution in [0.4, 0.5) is 18.9 Å². The van der Waals surface area contributed by atoms with Crippen LogP contribution in [0.2, 0.25) is 0 Å². The normalized spacial score (nSPS) is 29.0. The predicted octanol–water partition coefficient (Wildman–Crippen LogP) is 3.90. The van der Waals surface area contributed by atoms with Crippen LogP contribution in [0.3, 0.4) is 0 Å². The fourth-order valence-electron chi connectivity index (χ4n) is 3.81. The zero-order chi connectivity index (χ0) is 15.2. The molecule has 0 aromatic heterocycles. The third kappa shape index (κ3) is 2.68. The molecule has 0 radical (unpaired) electrons. The quantitative estimate of drug-likeness (QED) is 0.858. The Kier molecular flexibility index (Phi) is 3.94. The molecule has 2 aliphatic rings. The van der Waals surface area contributed by atoms with Crippen LogP contribution in [0.25, 0.3) is 0 Å². The Morgan fingerprint density at radius 3 is 2.76 bits per heavy atom. The van der Waals surface area contributed by atoms with Crippen molar-refractivity contribution in [1.29, 1.82) is 0 Å². The van der Waals surface area contributed by atoms with Gasteiger partial charge in [0.25, 0.3) is 0 Å². The molecule has 21 heavy (non-hydrogen) atoms. The Morgan fingerprint density at radius 1 is 1.33 bits per heavy atom. The van der Waals surface area contributed by atoms with Crippen molar-refractivity contribution in [1.82, 2.24) is 5.32 Å². The Labute approximate surface area is 130 Å². The molecule has 0 aliphatic carbocycles. The number of benzene rings is 1. The first-order valence-electron chi connectivity index (χ1n) is 7.26. The van der Waals surface area contributed by atoms with Crippen molar-refractivity contribution in [2.24, 2.45) is 11.8 Å². The zero-order valence-electron chi connectivity index (χ0n) is 11.8. The molecule has 2 fully saturated rings. The van der Waals surface area contributed by atoms with Crippen LogP contribution in [-0.2, 0) is 6.18 Å². The maximum absolute atomic E-state index is 13.3. The van der Waals surface area contributed by atoms with E-state index in [0.717, 1.165) is 19.5 Å². The van der Waals surface area contributed by atoms with Gasteiger partial charge in [0.15, 0.2) is 0 Å². The van der Waals surface area contributed by atoms with E-state index in [2.05, 4.69) is 28.2 Å². The van der Waals surface area contributed by atoms with E-state index in [4.69, 9.17) is 0 Å². The van der Waals surface area contributed by atoms with E-state index < -0.39 is 11.7 Å². The summed E-state index contributed by atoms with van der Waals surface area (Å²) in [6, 6.07) is 4.68. The Hall–Kier alpha value is -0.750. The number of halogens is 4. The molecule has 0 bridgehead atoms. The van der Waals surface area contributed by atoms with Crippen molar-refractivity contribution in [2.45, 2.75) is 25.6 Å². The molecule has 3 unspecified atom stereocenters. The summed E-state index contributed by atoms with van der Waals surface area (Å²) in [5.41, 5.74) is -0.213. The molecule has 0 spiro atoms. The Morgan fingerprint density at radius 2 is 2.10 bits per heavy atom. The van der Waals surface area contributed by atoms with E-state index in [1.807, 2.05) is 4.90 Å². The minimum atomic E-state index is -4.33. The number of hydrogen-bond acceptors (Lipinski definition) is 2. The number of hydrogen-bond donors (Lipinski definition) is 1. The van der Waals surface area contributed by atoms with Crippen molar-refractivity contribution in [2.75, 3.05) is 24.5 Å². The lowest BCUT2D eigenvalue weighted by Crippen LogP contribution is -2.36. The van der Waals surface area contributed by atoms with Gasteiger partial charge >= 0.3 is 6.18 Å². The van der Waals surface area contributed by atoms with Crippen LogP contribution in [0.1, 0.15) is 18.9 Å². The van der Waals surface area contributed by atoms with Crippen LogP contribution < -0.4 is 10.2 Å². The molecule has 2 nitrogen and oxygen atoms in total. The zero-order valence-corrected chi connectivity index (χ0v) is 13.3. The van der Waals surface area contributed by atoms with Gasteiger partial charge in [-0.2, -0.15) is 13.2 Å². The van der Waals surface area contributed by atoms with E-state index in [-0.39, 0.29) is 6.04 Å². The lowest BCUT2D eigenvalue weighted by atomic mass is 9.92. The summed E-state index contributed by atoms with van der Waals surface area (Å²) in [5.74, 6) is 0.916. The van der Waals surface area contributed by atoms with Gasteiger partial charge in [0.05, 0.1) is 5.56 Å². The highest BCUT2D eigenvalue weighted by Crippen LogP contribution is 2.44. The molecule has 2 aliphatic heterocycles. The van der Waals surface area contributed by atoms with Gasteiger partial charge < -0.3 is 10.2 Å². The summed E-state index contributed by atoms with van der Waals surface area (Å²) < 4.78 is 40.5. The molecule has 0 saturated carbocycles. The highest BCUT2D eigenvalue weighted by atomic mass is 79.9. The highest BCUT2D eigenvalue weighted by Gasteiger charge is 2.45. The van der Waals surface area contributed by atoms with Gasteiger partial charge in [-0.1, -0.05) is 22.9 Å². The largest absolute Gasteiger partial charge is 0.418 e. The number of rotatable bonds is 2. The molecule has 1 aromatic carbocycles. The first kappa shape index (κ1) is 15.2. The van der Waals surface area contributed by atoms with Crippen LogP contribution in [0.5, 0.6) is 0 Å². The van der Waals surface area contributed by atoms with Gasteiger partial charge in [-0.15, -0.1) is 0 Å². The van der Waals surface area contributed by atoms with Gasteiger partial charge in [-0.05, 0) is 36.5 Å². The second-order valence-corrected chi connectivity index (χ2v) is 6.79. The molecule has 1 N–H and O–H groups in total. The second kappa shape index (κ2) is 5.47. The summed E-state index contributed by atoms with van der Waals surface area (Å²) in [4.78, 5) is 1.98. The average molecular weight is 363 g/mol. The van der Waals surface area contributed by atoms with Gasteiger partial charge in [0.2, 0.25) is 0 Å². The molecule has 0 amide bonds. The third-order valence-corrected chi connectivity index (χ3v) is 5.20. The van der Waals surface area contributed by atoms with Crippen molar-refractivity contribution >= 4 is 21.6 Å². The second-order valence-electron chi connectivity index (χ2n) is 5.87. The fourth-order valence-corrected chi connectivity index (χ4v) is 4.17. The highest BCUT2D eigenvalue weighted by molar-refractivity contribution is 9.10. The van der Waals surface area contributed by atoms with Crippen molar-refractivity contribution in [3.8, 4) is 0 Å². The summed E-state index contributed by atoms with van der Waals surface area (Å²) in [6.45, 7) is 4.60. The third-order valence-electron chi connectivity index (χ3n) is 4.71. The SMILES string of the molecule is CCC1C2CNCC2CN1c1ccc(Br)cc1C(F)(F)F. The molecule has 2 heterocycles. The van der Waals surface area contributed by atoms with E-state index >= 15 is 0 Å². The summed E-state index contributed by atoms with van der Waals surface area (Å²) in [5, 5.41) is 3.36. The summed E-state index contributed by atoms with van der Waals surface area (Å²) >= 11 is 3.15.